The van der Waals surface area contributed by atoms with Crippen LogP contribution in [0.1, 0.15) is 22.3 Å². The zero-order valence-corrected chi connectivity index (χ0v) is 13.5. The third-order valence-corrected chi connectivity index (χ3v) is 4.34. The van der Waals surface area contributed by atoms with Crippen molar-refractivity contribution in [2.24, 2.45) is 0 Å². The Morgan fingerprint density at radius 3 is 2.75 bits per heavy atom. The number of carbonyl (C=O) groups excluding carboxylic acids is 1. The highest BCUT2D eigenvalue weighted by atomic mass is 16.5. The molecule has 1 amide bonds. The number of carboxylic acid groups (broad SMARTS) is 1. The van der Waals surface area contributed by atoms with Gasteiger partial charge < -0.3 is 14.7 Å². The van der Waals surface area contributed by atoms with Gasteiger partial charge in [0.1, 0.15) is 6.04 Å². The van der Waals surface area contributed by atoms with E-state index >= 15 is 0 Å². The van der Waals surface area contributed by atoms with Crippen LogP contribution in [0.4, 0.5) is 0 Å². The Morgan fingerprint density at radius 1 is 1.38 bits per heavy atom. The zero-order valence-electron chi connectivity index (χ0n) is 13.5. The summed E-state index contributed by atoms with van der Waals surface area (Å²) in [6.45, 7) is 2.18. The average Bonchev–Trinajstić information content (AvgIpc) is 3.23. The van der Waals surface area contributed by atoms with Gasteiger partial charge in [0, 0.05) is 38.0 Å². The summed E-state index contributed by atoms with van der Waals surface area (Å²) in [6.07, 6.45) is 3.57. The van der Waals surface area contributed by atoms with Crippen molar-refractivity contribution < 1.29 is 19.4 Å². The van der Waals surface area contributed by atoms with Gasteiger partial charge in [-0.15, -0.1) is 0 Å². The van der Waals surface area contributed by atoms with Crippen LogP contribution in [-0.2, 0) is 9.53 Å². The lowest BCUT2D eigenvalue weighted by atomic mass is 10.1. The summed E-state index contributed by atoms with van der Waals surface area (Å²) in [7, 11) is 1.53. The van der Waals surface area contributed by atoms with Crippen LogP contribution in [0.3, 0.4) is 0 Å². The number of nitrogens with zero attached hydrogens (tertiary/aromatic N) is 3. The first kappa shape index (κ1) is 16.2. The molecule has 1 N–H and O–H groups in total. The first-order valence-electron chi connectivity index (χ1n) is 7.68. The fourth-order valence-corrected chi connectivity index (χ4v) is 3.05. The molecule has 1 aliphatic heterocycles. The van der Waals surface area contributed by atoms with Gasteiger partial charge in [-0.1, -0.05) is 0 Å². The molecule has 0 saturated carbocycles. The van der Waals surface area contributed by atoms with Gasteiger partial charge in [0.15, 0.2) is 0 Å². The fourth-order valence-electron chi connectivity index (χ4n) is 3.05. The number of rotatable bonds is 4. The topological polar surface area (TPSA) is 84.7 Å². The summed E-state index contributed by atoms with van der Waals surface area (Å²) >= 11 is 0. The van der Waals surface area contributed by atoms with Crippen LogP contribution in [0.5, 0.6) is 0 Å². The van der Waals surface area contributed by atoms with Crippen molar-refractivity contribution in [2.45, 2.75) is 25.5 Å². The first-order chi connectivity index (χ1) is 11.5. The minimum absolute atomic E-state index is 0.250. The van der Waals surface area contributed by atoms with E-state index in [0.717, 1.165) is 11.3 Å². The summed E-state index contributed by atoms with van der Waals surface area (Å²) < 4.78 is 6.95. The third-order valence-electron chi connectivity index (χ3n) is 4.34. The number of likely N-dealkylation sites (tertiary alicyclic amines) is 1. The Labute approximate surface area is 139 Å². The average molecular weight is 329 g/mol. The molecule has 1 aliphatic rings. The van der Waals surface area contributed by atoms with Gasteiger partial charge in [0.2, 0.25) is 0 Å². The maximum Gasteiger partial charge on any atom is 0.326 e. The molecular weight excluding hydrogens is 310 g/mol. The number of amides is 1. The molecule has 0 bridgehead atoms. The number of hydrogen-bond acceptors (Lipinski definition) is 4. The van der Waals surface area contributed by atoms with Crippen LogP contribution in [0.15, 0.2) is 36.7 Å². The lowest BCUT2D eigenvalue weighted by molar-refractivity contribution is -0.141. The molecule has 3 rings (SSSR count). The van der Waals surface area contributed by atoms with E-state index in [4.69, 9.17) is 4.74 Å². The Balaban J connectivity index is 1.87. The van der Waals surface area contributed by atoms with E-state index in [1.165, 1.54) is 12.0 Å². The number of hydrogen-bond donors (Lipinski definition) is 1. The summed E-state index contributed by atoms with van der Waals surface area (Å²) in [5.74, 6) is -1.30. The summed E-state index contributed by atoms with van der Waals surface area (Å²) in [6, 6.07) is 6.25. The molecule has 0 radical (unpaired) electrons. The van der Waals surface area contributed by atoms with E-state index in [0.29, 0.717) is 12.0 Å². The molecule has 7 heteroatoms. The van der Waals surface area contributed by atoms with Gasteiger partial charge in [-0.3, -0.25) is 4.79 Å². The minimum Gasteiger partial charge on any atom is -0.480 e. The Hall–Kier alpha value is -2.67. The van der Waals surface area contributed by atoms with E-state index < -0.39 is 12.0 Å². The number of benzene rings is 1. The molecule has 0 spiro atoms. The van der Waals surface area contributed by atoms with Crippen molar-refractivity contribution in [1.29, 1.82) is 0 Å². The van der Waals surface area contributed by atoms with E-state index in [1.54, 1.807) is 23.0 Å². The number of methoxy groups -OCH3 is 1. The van der Waals surface area contributed by atoms with Crippen LogP contribution >= 0.6 is 0 Å². The smallest absolute Gasteiger partial charge is 0.326 e. The van der Waals surface area contributed by atoms with E-state index in [-0.39, 0.29) is 18.6 Å². The summed E-state index contributed by atoms with van der Waals surface area (Å²) in [5, 5.41) is 13.5. The van der Waals surface area contributed by atoms with Gasteiger partial charge in [-0.05, 0) is 36.8 Å². The maximum absolute atomic E-state index is 12.8. The molecule has 1 aromatic heterocycles. The van der Waals surface area contributed by atoms with Crippen LogP contribution < -0.4 is 0 Å². The number of aromatic nitrogens is 2. The number of carbonyl (C=O) groups is 2. The molecule has 24 heavy (non-hydrogen) atoms. The van der Waals surface area contributed by atoms with Crippen LogP contribution in [0.2, 0.25) is 0 Å². The molecule has 2 unspecified atom stereocenters. The van der Waals surface area contributed by atoms with Gasteiger partial charge in [-0.2, -0.15) is 5.10 Å². The SMILES string of the molecule is COC1CC(C(=O)O)N(C(=O)c2ccc(-n3cccn3)c(C)c2)C1. The van der Waals surface area contributed by atoms with Gasteiger partial charge in [0.25, 0.3) is 5.91 Å². The molecule has 1 aromatic carbocycles. The second kappa shape index (κ2) is 6.45. The lowest BCUT2D eigenvalue weighted by Gasteiger charge is -2.21. The first-order valence-corrected chi connectivity index (χ1v) is 7.68. The third kappa shape index (κ3) is 2.90. The number of ether oxygens (including phenoxy) is 1. The highest BCUT2D eigenvalue weighted by molar-refractivity contribution is 5.97. The van der Waals surface area contributed by atoms with E-state index in [2.05, 4.69) is 5.10 Å². The largest absolute Gasteiger partial charge is 0.480 e. The van der Waals surface area contributed by atoms with Crippen molar-refractivity contribution in [3.8, 4) is 5.69 Å². The number of carboxylic acids is 1. The predicted octanol–water partition coefficient (Wildman–Crippen LogP) is 1.49. The van der Waals surface area contributed by atoms with E-state index in [9.17, 15) is 14.7 Å². The highest BCUT2D eigenvalue weighted by Gasteiger charge is 2.40. The number of aryl methyl sites for hydroxylation is 1. The second-order valence-corrected chi connectivity index (χ2v) is 5.86. The summed E-state index contributed by atoms with van der Waals surface area (Å²) in [5.41, 5.74) is 2.23. The Bertz CT molecular complexity index is 757. The van der Waals surface area contributed by atoms with Crippen molar-refractivity contribution >= 4 is 11.9 Å². The van der Waals surface area contributed by atoms with Crippen molar-refractivity contribution in [2.75, 3.05) is 13.7 Å². The van der Waals surface area contributed by atoms with Crippen LogP contribution in [-0.4, -0.2) is 57.5 Å². The van der Waals surface area contributed by atoms with Crippen molar-refractivity contribution in [1.82, 2.24) is 14.7 Å². The van der Waals surface area contributed by atoms with Crippen LogP contribution in [0.25, 0.3) is 5.69 Å². The second-order valence-electron chi connectivity index (χ2n) is 5.86. The molecule has 2 heterocycles. The molecule has 0 aliphatic carbocycles. The Kier molecular flexibility index (Phi) is 4.35. The standard InChI is InChI=1S/C17H19N3O4/c1-11-8-12(4-5-14(11)20-7-3-6-18-20)16(21)19-10-13(24-2)9-15(19)17(22)23/h3-8,13,15H,9-10H2,1-2H3,(H,22,23). The Morgan fingerprint density at radius 2 is 2.17 bits per heavy atom. The molecule has 2 atom stereocenters. The predicted molar refractivity (Wildman–Crippen MR) is 86.2 cm³/mol. The monoisotopic (exact) mass is 329 g/mol. The number of aliphatic carboxylic acids is 1. The molecule has 2 aromatic rings. The molecule has 1 fully saturated rings. The van der Waals surface area contributed by atoms with Gasteiger partial charge in [0.05, 0.1) is 11.8 Å². The van der Waals surface area contributed by atoms with E-state index in [1.807, 2.05) is 25.3 Å². The lowest BCUT2D eigenvalue weighted by Crippen LogP contribution is -2.40. The highest BCUT2D eigenvalue weighted by Crippen LogP contribution is 2.24. The van der Waals surface area contributed by atoms with Crippen molar-refractivity contribution in [3.63, 3.8) is 0 Å². The maximum atomic E-state index is 12.8. The molecule has 126 valence electrons. The summed E-state index contributed by atoms with van der Waals surface area (Å²) in [4.78, 5) is 25.6. The normalized spacial score (nSPS) is 20.3. The fraction of sp³-hybridized carbons (Fsp3) is 0.353. The molecule has 1 saturated heterocycles. The zero-order chi connectivity index (χ0) is 17.3. The van der Waals surface area contributed by atoms with Crippen LogP contribution in [0, 0.1) is 6.92 Å². The van der Waals surface area contributed by atoms with Crippen molar-refractivity contribution in [3.05, 3.63) is 47.8 Å². The van der Waals surface area contributed by atoms with Gasteiger partial charge in [-0.25, -0.2) is 9.48 Å². The minimum atomic E-state index is -1.01. The quantitative estimate of drug-likeness (QED) is 0.919. The molecule has 7 nitrogen and oxygen atoms in total. The molecular formula is C17H19N3O4. The van der Waals surface area contributed by atoms with Gasteiger partial charge >= 0.3 is 5.97 Å².